The number of halogens is 1. The minimum Gasteiger partial charge on any atom is -0.481 e. The highest BCUT2D eigenvalue weighted by Gasteiger charge is 2.24. The summed E-state index contributed by atoms with van der Waals surface area (Å²) in [4.78, 5) is 28.0. The molecule has 1 amide bonds. The lowest BCUT2D eigenvalue weighted by Gasteiger charge is -2.35. The van der Waals surface area contributed by atoms with Crippen molar-refractivity contribution < 1.29 is 13.9 Å². The summed E-state index contributed by atoms with van der Waals surface area (Å²) in [7, 11) is 0. The highest BCUT2D eigenvalue weighted by molar-refractivity contribution is 5.78. The highest BCUT2D eigenvalue weighted by atomic mass is 19.1. The monoisotopic (exact) mass is 399 g/mol. The average Bonchev–Trinajstić information content (AvgIpc) is 3.28. The normalized spacial score (nSPS) is 17.0. The van der Waals surface area contributed by atoms with Crippen LogP contribution in [0.3, 0.4) is 0 Å². The maximum absolute atomic E-state index is 13.6. The van der Waals surface area contributed by atoms with Crippen LogP contribution in [-0.2, 0) is 4.79 Å². The summed E-state index contributed by atoms with van der Waals surface area (Å²) in [6.07, 6.45) is 2.41. The van der Waals surface area contributed by atoms with Crippen molar-refractivity contribution in [3.05, 3.63) is 41.8 Å². The number of piperazine rings is 1. The third kappa shape index (κ3) is 4.58. The zero-order valence-electron chi connectivity index (χ0n) is 16.7. The maximum Gasteiger partial charge on any atom is 0.260 e. The summed E-state index contributed by atoms with van der Waals surface area (Å²) in [5, 5.41) is 0. The number of ether oxygens (including phenoxy) is 1. The molecule has 0 saturated carbocycles. The minimum atomic E-state index is -0.462. The van der Waals surface area contributed by atoms with Gasteiger partial charge in [-0.1, -0.05) is 12.1 Å². The Kier molecular flexibility index (Phi) is 5.78. The zero-order valence-corrected chi connectivity index (χ0v) is 16.7. The topological polar surface area (TPSA) is 61.8 Å². The first kappa shape index (κ1) is 19.4. The fraction of sp³-hybridized carbons (Fsp3) is 0.476. The van der Waals surface area contributed by atoms with E-state index in [9.17, 15) is 9.18 Å². The molecular weight excluding hydrogens is 373 g/mol. The molecule has 0 aliphatic carbocycles. The van der Waals surface area contributed by atoms with Crippen LogP contribution < -0.4 is 14.5 Å². The van der Waals surface area contributed by atoms with Crippen LogP contribution in [0, 0.1) is 12.7 Å². The van der Waals surface area contributed by atoms with E-state index in [0.29, 0.717) is 26.2 Å². The Morgan fingerprint density at radius 2 is 1.76 bits per heavy atom. The van der Waals surface area contributed by atoms with E-state index in [1.54, 1.807) is 17.0 Å². The maximum atomic E-state index is 13.6. The zero-order chi connectivity index (χ0) is 20.2. The molecule has 154 valence electrons. The van der Waals surface area contributed by atoms with Crippen molar-refractivity contribution in [2.24, 2.45) is 0 Å². The highest BCUT2D eigenvalue weighted by Crippen LogP contribution is 2.22. The Morgan fingerprint density at radius 1 is 1.03 bits per heavy atom. The molecule has 2 saturated heterocycles. The molecule has 0 radical (unpaired) electrons. The standard InChI is InChI=1S/C21H26FN5O2/c1-16-14-19(25-8-4-5-9-25)24-21(23-16)27-12-10-26(11-13-27)20(28)15-29-18-7-3-2-6-17(18)22/h2-3,6-7,14H,4-5,8-13,15H2,1H3. The number of anilines is 2. The minimum absolute atomic E-state index is 0.0992. The number of benzene rings is 1. The van der Waals surface area contributed by atoms with Gasteiger partial charge < -0.3 is 19.4 Å². The van der Waals surface area contributed by atoms with Gasteiger partial charge in [-0.05, 0) is 31.9 Å². The Labute approximate surface area is 170 Å². The number of amides is 1. The van der Waals surface area contributed by atoms with Crippen molar-refractivity contribution in [2.45, 2.75) is 19.8 Å². The lowest BCUT2D eigenvalue weighted by molar-refractivity contribution is -0.133. The van der Waals surface area contributed by atoms with E-state index in [4.69, 9.17) is 9.72 Å². The lowest BCUT2D eigenvalue weighted by atomic mass is 10.3. The molecule has 2 aliphatic rings. The molecule has 1 aromatic heterocycles. The molecular formula is C21H26FN5O2. The van der Waals surface area contributed by atoms with Gasteiger partial charge in [0.05, 0.1) is 0 Å². The third-order valence-electron chi connectivity index (χ3n) is 5.36. The van der Waals surface area contributed by atoms with Crippen molar-refractivity contribution in [2.75, 3.05) is 55.7 Å². The van der Waals surface area contributed by atoms with E-state index >= 15 is 0 Å². The van der Waals surface area contributed by atoms with Gasteiger partial charge in [0, 0.05) is 51.0 Å². The first-order valence-corrected chi connectivity index (χ1v) is 10.1. The number of nitrogens with zero attached hydrogens (tertiary/aromatic N) is 5. The summed E-state index contributed by atoms with van der Waals surface area (Å²) in [5.74, 6) is 1.21. The molecule has 2 aliphatic heterocycles. The Hall–Kier alpha value is -2.90. The molecule has 0 N–H and O–H groups in total. The van der Waals surface area contributed by atoms with Gasteiger partial charge in [-0.25, -0.2) is 9.37 Å². The number of hydrogen-bond donors (Lipinski definition) is 0. The molecule has 2 aromatic rings. The molecule has 0 spiro atoms. The molecule has 0 atom stereocenters. The van der Waals surface area contributed by atoms with Crippen LogP contribution in [0.25, 0.3) is 0 Å². The van der Waals surface area contributed by atoms with Crippen LogP contribution >= 0.6 is 0 Å². The number of rotatable bonds is 5. The molecule has 1 aromatic carbocycles. The SMILES string of the molecule is Cc1cc(N2CCCC2)nc(N2CCN(C(=O)COc3ccccc3F)CC2)n1. The second-order valence-electron chi connectivity index (χ2n) is 7.45. The molecule has 7 nitrogen and oxygen atoms in total. The predicted molar refractivity (Wildman–Crippen MR) is 109 cm³/mol. The van der Waals surface area contributed by atoms with Crippen LogP contribution in [0.5, 0.6) is 5.75 Å². The van der Waals surface area contributed by atoms with E-state index in [1.165, 1.54) is 25.0 Å². The Bertz CT molecular complexity index is 864. The van der Waals surface area contributed by atoms with Crippen molar-refractivity contribution in [3.8, 4) is 5.75 Å². The van der Waals surface area contributed by atoms with E-state index in [0.717, 1.165) is 30.5 Å². The van der Waals surface area contributed by atoms with E-state index < -0.39 is 5.82 Å². The number of aromatic nitrogens is 2. The number of carbonyl (C=O) groups is 1. The first-order valence-electron chi connectivity index (χ1n) is 10.1. The molecule has 0 bridgehead atoms. The fourth-order valence-electron chi connectivity index (χ4n) is 3.73. The van der Waals surface area contributed by atoms with Crippen molar-refractivity contribution in [1.82, 2.24) is 14.9 Å². The van der Waals surface area contributed by atoms with E-state index in [1.807, 2.05) is 13.0 Å². The summed E-state index contributed by atoms with van der Waals surface area (Å²) < 4.78 is 19.0. The fourth-order valence-corrected chi connectivity index (χ4v) is 3.73. The Balaban J connectivity index is 1.33. The number of aryl methyl sites for hydroxylation is 1. The largest absolute Gasteiger partial charge is 0.481 e. The van der Waals surface area contributed by atoms with Crippen LogP contribution in [0.4, 0.5) is 16.2 Å². The number of para-hydroxylation sites is 1. The van der Waals surface area contributed by atoms with E-state index in [-0.39, 0.29) is 18.3 Å². The first-order chi connectivity index (χ1) is 14.1. The second kappa shape index (κ2) is 8.63. The Morgan fingerprint density at radius 3 is 2.48 bits per heavy atom. The van der Waals surface area contributed by atoms with Crippen LogP contribution in [0.2, 0.25) is 0 Å². The molecule has 0 unspecified atom stereocenters. The van der Waals surface area contributed by atoms with Gasteiger partial charge in [-0.15, -0.1) is 0 Å². The molecule has 2 fully saturated rings. The summed E-state index contributed by atoms with van der Waals surface area (Å²) in [6.45, 7) is 6.36. The van der Waals surface area contributed by atoms with Gasteiger partial charge in [-0.3, -0.25) is 4.79 Å². The van der Waals surface area contributed by atoms with Gasteiger partial charge in [0.15, 0.2) is 18.2 Å². The van der Waals surface area contributed by atoms with Gasteiger partial charge >= 0.3 is 0 Å². The van der Waals surface area contributed by atoms with Gasteiger partial charge in [0.2, 0.25) is 5.95 Å². The summed E-state index contributed by atoms with van der Waals surface area (Å²) in [6, 6.07) is 8.14. The van der Waals surface area contributed by atoms with Crippen LogP contribution in [0.1, 0.15) is 18.5 Å². The van der Waals surface area contributed by atoms with Crippen LogP contribution in [0.15, 0.2) is 30.3 Å². The smallest absolute Gasteiger partial charge is 0.260 e. The number of carbonyl (C=O) groups excluding carboxylic acids is 1. The predicted octanol–water partition coefficient (Wildman–Crippen LogP) is 2.25. The van der Waals surface area contributed by atoms with Crippen molar-refractivity contribution in [3.63, 3.8) is 0 Å². The van der Waals surface area contributed by atoms with Gasteiger partial charge in [-0.2, -0.15) is 4.98 Å². The van der Waals surface area contributed by atoms with Crippen molar-refractivity contribution >= 4 is 17.7 Å². The molecule has 29 heavy (non-hydrogen) atoms. The lowest BCUT2D eigenvalue weighted by Crippen LogP contribution is -2.50. The molecule has 3 heterocycles. The second-order valence-corrected chi connectivity index (χ2v) is 7.45. The third-order valence-corrected chi connectivity index (χ3v) is 5.36. The summed E-state index contributed by atoms with van der Waals surface area (Å²) >= 11 is 0. The van der Waals surface area contributed by atoms with Crippen LogP contribution in [-0.4, -0.2) is 66.7 Å². The van der Waals surface area contributed by atoms with Gasteiger partial charge in [0.25, 0.3) is 5.91 Å². The van der Waals surface area contributed by atoms with E-state index in [2.05, 4.69) is 14.8 Å². The quantitative estimate of drug-likeness (QED) is 0.769. The van der Waals surface area contributed by atoms with Crippen molar-refractivity contribution in [1.29, 1.82) is 0 Å². The average molecular weight is 399 g/mol. The summed E-state index contributed by atoms with van der Waals surface area (Å²) in [5.41, 5.74) is 0.952. The van der Waals surface area contributed by atoms with Gasteiger partial charge in [0.1, 0.15) is 5.82 Å². The molecule has 4 rings (SSSR count). The molecule has 8 heteroatoms. The number of hydrogen-bond acceptors (Lipinski definition) is 6.